The number of rotatable bonds is 3. The summed E-state index contributed by atoms with van der Waals surface area (Å²) >= 11 is 0. The number of aromatic nitrogens is 4. The van der Waals surface area contributed by atoms with Gasteiger partial charge in [0, 0.05) is 12.4 Å². The molecule has 22 heavy (non-hydrogen) atoms. The number of hydrogen-bond donors (Lipinski definition) is 1. The molecule has 0 spiro atoms. The molecule has 0 fully saturated rings. The molecule has 3 aromatic rings. The minimum atomic E-state index is -4.35. The second kappa shape index (κ2) is 4.98. The minimum absolute atomic E-state index is 0.0491. The smallest absolute Gasteiger partial charge is 0.271 e. The third-order valence-corrected chi connectivity index (χ3v) is 3.98. The Bertz CT molecular complexity index is 938. The first kappa shape index (κ1) is 14.3. The van der Waals surface area contributed by atoms with Gasteiger partial charge in [-0.05, 0) is 24.6 Å². The summed E-state index contributed by atoms with van der Waals surface area (Å²) in [6, 6.07) is 3.70. The molecule has 114 valence electrons. The Morgan fingerprint density at radius 2 is 2.05 bits per heavy atom. The average molecular weight is 325 g/mol. The van der Waals surface area contributed by atoms with Crippen LogP contribution in [-0.2, 0) is 10.0 Å². The first-order valence-corrected chi connectivity index (χ1v) is 7.51. The molecule has 7 nitrogen and oxygen atoms in total. The van der Waals surface area contributed by atoms with Crippen molar-refractivity contribution in [3.8, 4) is 0 Å². The van der Waals surface area contributed by atoms with E-state index >= 15 is 0 Å². The maximum absolute atomic E-state index is 13.9. The number of fused-ring (bicyclic) bond motifs is 1. The molecular weight excluding hydrogens is 316 g/mol. The first-order valence-electron chi connectivity index (χ1n) is 6.03. The van der Waals surface area contributed by atoms with Crippen molar-refractivity contribution in [3.63, 3.8) is 0 Å². The predicted molar refractivity (Wildman–Crippen MR) is 72.7 cm³/mol. The molecule has 0 amide bonds. The number of benzene rings is 1. The van der Waals surface area contributed by atoms with Gasteiger partial charge in [0.15, 0.2) is 5.82 Å². The highest BCUT2D eigenvalue weighted by molar-refractivity contribution is 7.92. The summed E-state index contributed by atoms with van der Waals surface area (Å²) in [6.07, 6.45) is 2.86. The van der Waals surface area contributed by atoms with Crippen molar-refractivity contribution in [3.05, 3.63) is 47.8 Å². The number of aryl methyl sites for hydroxylation is 1. The zero-order chi connectivity index (χ0) is 15.9. The van der Waals surface area contributed by atoms with Gasteiger partial charge in [-0.1, -0.05) is 6.07 Å². The van der Waals surface area contributed by atoms with Crippen LogP contribution in [0.3, 0.4) is 0 Å². The Morgan fingerprint density at radius 1 is 1.27 bits per heavy atom. The quantitative estimate of drug-likeness (QED) is 0.788. The van der Waals surface area contributed by atoms with Crippen LogP contribution in [0.5, 0.6) is 0 Å². The highest BCUT2D eigenvalue weighted by Gasteiger charge is 2.24. The summed E-state index contributed by atoms with van der Waals surface area (Å²) in [7, 11) is -4.35. The van der Waals surface area contributed by atoms with Gasteiger partial charge >= 0.3 is 0 Å². The standard InChI is InChI=1S/C12H9F2N5O2S/c1-7-3-4-8(13)10(9(7)14)18-22(20,21)12-16-11-15-5-2-6-19(11)17-12/h2-6,18H,1H3. The number of sulfonamides is 1. The Labute approximate surface area is 123 Å². The van der Waals surface area contributed by atoms with Gasteiger partial charge in [0.25, 0.3) is 21.0 Å². The van der Waals surface area contributed by atoms with Crippen molar-refractivity contribution in [2.24, 2.45) is 0 Å². The minimum Gasteiger partial charge on any atom is -0.271 e. The predicted octanol–water partition coefficient (Wildman–Crippen LogP) is 1.51. The van der Waals surface area contributed by atoms with Crippen molar-refractivity contribution in [2.45, 2.75) is 12.1 Å². The van der Waals surface area contributed by atoms with Gasteiger partial charge in [-0.2, -0.15) is 13.4 Å². The molecule has 0 aliphatic rings. The molecule has 1 N–H and O–H groups in total. The van der Waals surface area contributed by atoms with Crippen molar-refractivity contribution in [1.29, 1.82) is 0 Å². The maximum Gasteiger partial charge on any atom is 0.299 e. The van der Waals surface area contributed by atoms with E-state index in [0.717, 1.165) is 10.6 Å². The molecule has 0 radical (unpaired) electrons. The van der Waals surface area contributed by atoms with Crippen LogP contribution in [0.25, 0.3) is 5.78 Å². The van der Waals surface area contributed by atoms with E-state index in [1.54, 1.807) is 0 Å². The third kappa shape index (κ3) is 2.37. The lowest BCUT2D eigenvalue weighted by molar-refractivity contribution is 0.576. The summed E-state index contributed by atoms with van der Waals surface area (Å²) in [5.74, 6) is -1.98. The average Bonchev–Trinajstić information content (AvgIpc) is 2.93. The van der Waals surface area contributed by atoms with Crippen molar-refractivity contribution >= 4 is 21.5 Å². The largest absolute Gasteiger partial charge is 0.299 e. The van der Waals surface area contributed by atoms with E-state index in [-0.39, 0.29) is 11.3 Å². The van der Waals surface area contributed by atoms with Crippen molar-refractivity contribution in [1.82, 2.24) is 19.6 Å². The lowest BCUT2D eigenvalue weighted by atomic mass is 10.2. The van der Waals surface area contributed by atoms with Gasteiger partial charge in [-0.3, -0.25) is 4.72 Å². The second-order valence-corrected chi connectivity index (χ2v) is 5.99. The molecule has 3 rings (SSSR count). The molecule has 0 unspecified atom stereocenters. The number of nitrogens with zero attached hydrogens (tertiary/aromatic N) is 4. The van der Waals surface area contributed by atoms with Crippen LogP contribution in [-0.4, -0.2) is 28.0 Å². The Morgan fingerprint density at radius 3 is 2.77 bits per heavy atom. The van der Waals surface area contributed by atoms with Crippen LogP contribution in [0.1, 0.15) is 5.56 Å². The van der Waals surface area contributed by atoms with Gasteiger partial charge in [0.05, 0.1) is 0 Å². The summed E-state index contributed by atoms with van der Waals surface area (Å²) in [5, 5.41) is 3.08. The topological polar surface area (TPSA) is 89.2 Å². The molecule has 10 heteroatoms. The summed E-state index contributed by atoms with van der Waals surface area (Å²) < 4.78 is 54.9. The van der Waals surface area contributed by atoms with Crippen molar-refractivity contribution < 1.29 is 17.2 Å². The molecule has 0 saturated carbocycles. The molecule has 0 aliphatic carbocycles. The van der Waals surface area contributed by atoms with E-state index in [2.05, 4.69) is 15.1 Å². The van der Waals surface area contributed by atoms with Crippen molar-refractivity contribution in [2.75, 3.05) is 4.72 Å². The summed E-state index contributed by atoms with van der Waals surface area (Å²) in [4.78, 5) is 7.53. The van der Waals surface area contributed by atoms with Gasteiger partial charge in [0.1, 0.15) is 11.5 Å². The van der Waals surface area contributed by atoms with Crippen LogP contribution in [0.2, 0.25) is 0 Å². The molecular formula is C12H9F2N5O2S. The Balaban J connectivity index is 2.06. The fraction of sp³-hybridized carbons (Fsp3) is 0.0833. The molecule has 0 aliphatic heterocycles. The molecule has 1 aromatic carbocycles. The zero-order valence-electron chi connectivity index (χ0n) is 11.2. The van der Waals surface area contributed by atoms with E-state index in [1.807, 2.05) is 4.72 Å². The van der Waals surface area contributed by atoms with Crippen LogP contribution in [0.4, 0.5) is 14.5 Å². The fourth-order valence-corrected chi connectivity index (χ4v) is 2.70. The van der Waals surface area contributed by atoms with E-state index in [9.17, 15) is 17.2 Å². The zero-order valence-corrected chi connectivity index (χ0v) is 12.0. The van der Waals surface area contributed by atoms with Crippen LogP contribution < -0.4 is 4.72 Å². The van der Waals surface area contributed by atoms with Crippen LogP contribution in [0.15, 0.2) is 35.7 Å². The van der Waals surface area contributed by atoms with Gasteiger partial charge < -0.3 is 0 Å². The van der Waals surface area contributed by atoms with Gasteiger partial charge in [-0.15, -0.1) is 5.10 Å². The van der Waals surface area contributed by atoms with E-state index in [0.29, 0.717) is 0 Å². The first-order chi connectivity index (χ1) is 10.4. The van der Waals surface area contributed by atoms with E-state index in [4.69, 9.17) is 0 Å². The molecule has 0 atom stereocenters. The van der Waals surface area contributed by atoms with E-state index < -0.39 is 32.5 Å². The lowest BCUT2D eigenvalue weighted by Gasteiger charge is -2.08. The summed E-state index contributed by atoms with van der Waals surface area (Å²) in [5.41, 5.74) is -0.671. The monoisotopic (exact) mass is 325 g/mol. The summed E-state index contributed by atoms with van der Waals surface area (Å²) in [6.45, 7) is 1.39. The Kier molecular flexibility index (Phi) is 3.24. The SMILES string of the molecule is Cc1ccc(F)c(NS(=O)(=O)c2nc3ncccn3n2)c1F. The highest BCUT2D eigenvalue weighted by Crippen LogP contribution is 2.24. The molecule has 0 saturated heterocycles. The fourth-order valence-electron chi connectivity index (χ4n) is 1.76. The number of hydrogen-bond acceptors (Lipinski definition) is 5. The second-order valence-electron chi connectivity index (χ2n) is 4.42. The van der Waals surface area contributed by atoms with E-state index in [1.165, 1.54) is 31.5 Å². The van der Waals surface area contributed by atoms with Gasteiger partial charge in [0.2, 0.25) is 0 Å². The molecule has 2 aromatic heterocycles. The number of anilines is 1. The normalized spacial score (nSPS) is 11.8. The van der Waals surface area contributed by atoms with Crippen LogP contribution >= 0.6 is 0 Å². The highest BCUT2D eigenvalue weighted by atomic mass is 32.2. The lowest BCUT2D eigenvalue weighted by Crippen LogP contribution is -2.17. The molecule has 0 bridgehead atoms. The number of nitrogens with one attached hydrogen (secondary N) is 1. The van der Waals surface area contributed by atoms with Crippen LogP contribution in [0, 0.1) is 18.6 Å². The maximum atomic E-state index is 13.9. The molecule has 2 heterocycles. The van der Waals surface area contributed by atoms with Gasteiger partial charge in [-0.25, -0.2) is 18.3 Å². The Hall–Kier alpha value is -2.62. The third-order valence-electron chi connectivity index (χ3n) is 2.86. The number of halogens is 2.